The number of carboxylic acid groups (broad SMARTS) is 1. The van der Waals surface area contributed by atoms with Gasteiger partial charge in [0.1, 0.15) is 5.69 Å². The van der Waals surface area contributed by atoms with Gasteiger partial charge in [-0.3, -0.25) is 14.6 Å². The van der Waals surface area contributed by atoms with Gasteiger partial charge in [0.2, 0.25) is 0 Å². The van der Waals surface area contributed by atoms with Crippen molar-refractivity contribution < 1.29 is 19.8 Å². The van der Waals surface area contributed by atoms with E-state index in [9.17, 15) is 14.7 Å². The maximum atomic E-state index is 12.9. The number of carboxylic acids is 1. The third kappa shape index (κ3) is 5.57. The fourth-order valence-electron chi connectivity index (χ4n) is 3.71. The Morgan fingerprint density at radius 2 is 1.76 bits per heavy atom. The largest absolute Gasteiger partial charge is 0.479 e. The Bertz CT molecular complexity index is 1260. The Balaban J connectivity index is 1.48. The fraction of sp³-hybridized carbons (Fsp3) is 0.200. The second-order valence-corrected chi connectivity index (χ2v) is 8.10. The minimum atomic E-state index is -1.60. The van der Waals surface area contributed by atoms with Gasteiger partial charge < -0.3 is 15.5 Å². The van der Waals surface area contributed by atoms with Gasteiger partial charge in [0.15, 0.2) is 6.10 Å². The van der Waals surface area contributed by atoms with E-state index < -0.39 is 24.0 Å². The summed E-state index contributed by atoms with van der Waals surface area (Å²) in [5, 5.41) is 32.9. The van der Waals surface area contributed by atoms with E-state index in [2.05, 4.69) is 20.6 Å². The normalized spacial score (nSPS) is 12.8. The van der Waals surface area contributed by atoms with E-state index in [1.807, 2.05) is 54.6 Å². The number of aliphatic hydroxyl groups excluding tert-OH is 1. The summed E-state index contributed by atoms with van der Waals surface area (Å²) in [6.07, 6.45) is 2.05. The number of carbonyl (C=O) groups excluding carboxylic acids is 1. The van der Waals surface area contributed by atoms with Crippen LogP contribution in [-0.2, 0) is 18.3 Å². The minimum Gasteiger partial charge on any atom is -0.479 e. The van der Waals surface area contributed by atoms with Crippen LogP contribution < -0.4 is 5.32 Å². The van der Waals surface area contributed by atoms with E-state index in [0.717, 1.165) is 22.3 Å². The lowest BCUT2D eigenvalue weighted by Gasteiger charge is -2.20. The predicted molar refractivity (Wildman–Crippen MR) is 126 cm³/mol. The summed E-state index contributed by atoms with van der Waals surface area (Å²) in [5.41, 5.74) is 4.60. The number of hydrogen-bond donors (Lipinski definition) is 4. The van der Waals surface area contributed by atoms with Crippen LogP contribution in [0.3, 0.4) is 0 Å². The summed E-state index contributed by atoms with van der Waals surface area (Å²) in [5.74, 6) is -1.77. The van der Waals surface area contributed by atoms with E-state index >= 15 is 0 Å². The maximum absolute atomic E-state index is 12.9. The zero-order valence-corrected chi connectivity index (χ0v) is 18.5. The maximum Gasteiger partial charge on any atom is 0.332 e. The SMILES string of the molecule is Cn1cc(-c2cc(C(=O)NC(Cc3ccc(-c4ccccc4)cc3)CC(O)C(=O)O)[nH]n2)cn1. The molecular formula is C25H25N5O4. The van der Waals surface area contributed by atoms with Crippen LogP contribution in [0, 0.1) is 0 Å². The van der Waals surface area contributed by atoms with Crippen molar-refractivity contribution in [3.8, 4) is 22.4 Å². The summed E-state index contributed by atoms with van der Waals surface area (Å²) in [6, 6.07) is 18.8. The van der Waals surface area contributed by atoms with Crippen LogP contribution in [0.2, 0.25) is 0 Å². The molecule has 2 atom stereocenters. The van der Waals surface area contributed by atoms with Gasteiger partial charge >= 0.3 is 5.97 Å². The van der Waals surface area contributed by atoms with Gasteiger partial charge in [0.05, 0.1) is 11.9 Å². The lowest BCUT2D eigenvalue weighted by atomic mass is 9.97. The van der Waals surface area contributed by atoms with Crippen LogP contribution >= 0.6 is 0 Å². The third-order valence-electron chi connectivity index (χ3n) is 5.49. The first-order chi connectivity index (χ1) is 16.4. The molecule has 0 saturated heterocycles. The highest BCUT2D eigenvalue weighted by molar-refractivity contribution is 5.93. The molecule has 0 bridgehead atoms. The molecule has 9 nitrogen and oxygen atoms in total. The van der Waals surface area contributed by atoms with Crippen molar-refractivity contribution in [1.82, 2.24) is 25.3 Å². The van der Waals surface area contributed by atoms with Crippen LogP contribution in [0.5, 0.6) is 0 Å². The molecule has 0 radical (unpaired) electrons. The molecule has 0 spiro atoms. The Kier molecular flexibility index (Phi) is 6.84. The molecule has 0 aliphatic rings. The molecule has 34 heavy (non-hydrogen) atoms. The Morgan fingerprint density at radius 1 is 1.06 bits per heavy atom. The number of rotatable bonds is 9. The molecule has 4 N–H and O–H groups in total. The van der Waals surface area contributed by atoms with Gasteiger partial charge in [0, 0.05) is 31.3 Å². The smallest absolute Gasteiger partial charge is 0.332 e. The van der Waals surface area contributed by atoms with E-state index in [0.29, 0.717) is 12.1 Å². The van der Waals surface area contributed by atoms with Gasteiger partial charge in [0.25, 0.3) is 5.91 Å². The lowest BCUT2D eigenvalue weighted by Crippen LogP contribution is -2.40. The van der Waals surface area contributed by atoms with E-state index in [1.54, 1.807) is 30.2 Å². The Hall–Kier alpha value is -4.24. The number of carbonyl (C=O) groups is 2. The summed E-state index contributed by atoms with van der Waals surface area (Å²) in [6.45, 7) is 0. The summed E-state index contributed by atoms with van der Waals surface area (Å²) >= 11 is 0. The van der Waals surface area contributed by atoms with Crippen LogP contribution in [0.15, 0.2) is 73.1 Å². The van der Waals surface area contributed by atoms with Gasteiger partial charge in [-0.2, -0.15) is 10.2 Å². The number of amides is 1. The molecule has 2 aromatic heterocycles. The number of H-pyrrole nitrogens is 1. The van der Waals surface area contributed by atoms with Crippen molar-refractivity contribution >= 4 is 11.9 Å². The Morgan fingerprint density at radius 3 is 2.41 bits per heavy atom. The minimum absolute atomic E-state index is 0.134. The molecule has 9 heteroatoms. The summed E-state index contributed by atoms with van der Waals surface area (Å²) < 4.78 is 1.64. The molecule has 2 unspecified atom stereocenters. The van der Waals surface area contributed by atoms with Gasteiger partial charge in [-0.25, -0.2) is 4.79 Å². The average molecular weight is 460 g/mol. The molecule has 1 amide bonds. The zero-order chi connectivity index (χ0) is 24.1. The molecule has 0 saturated carbocycles. The number of nitrogens with one attached hydrogen (secondary N) is 2. The molecule has 0 fully saturated rings. The number of aliphatic carboxylic acids is 1. The number of nitrogens with zero attached hydrogens (tertiary/aromatic N) is 3. The average Bonchev–Trinajstić information content (AvgIpc) is 3.49. The first-order valence-electron chi connectivity index (χ1n) is 10.8. The van der Waals surface area contributed by atoms with Crippen LogP contribution in [0.4, 0.5) is 0 Å². The van der Waals surface area contributed by atoms with Gasteiger partial charge in [-0.05, 0) is 29.2 Å². The molecule has 4 rings (SSSR count). The molecular weight excluding hydrogens is 434 g/mol. The fourth-order valence-corrected chi connectivity index (χ4v) is 3.71. The molecule has 0 aliphatic carbocycles. The summed E-state index contributed by atoms with van der Waals surface area (Å²) in [7, 11) is 1.79. The number of benzene rings is 2. The summed E-state index contributed by atoms with van der Waals surface area (Å²) in [4.78, 5) is 24.1. The second kappa shape index (κ2) is 10.1. The van der Waals surface area contributed by atoms with E-state index in [1.165, 1.54) is 0 Å². The molecule has 4 aromatic rings. The Labute approximate surface area is 196 Å². The van der Waals surface area contributed by atoms with Crippen LogP contribution in [0.1, 0.15) is 22.5 Å². The van der Waals surface area contributed by atoms with Crippen molar-refractivity contribution in [3.63, 3.8) is 0 Å². The number of aromatic amines is 1. The van der Waals surface area contributed by atoms with Gasteiger partial charge in [-0.15, -0.1) is 0 Å². The highest BCUT2D eigenvalue weighted by atomic mass is 16.4. The molecule has 174 valence electrons. The lowest BCUT2D eigenvalue weighted by molar-refractivity contribution is -0.147. The topological polar surface area (TPSA) is 133 Å². The predicted octanol–water partition coefficient (Wildman–Crippen LogP) is 2.65. The quantitative estimate of drug-likeness (QED) is 0.304. The van der Waals surface area contributed by atoms with Crippen molar-refractivity contribution in [3.05, 3.63) is 84.3 Å². The van der Waals surface area contributed by atoms with Crippen molar-refractivity contribution in [2.45, 2.75) is 25.0 Å². The molecule has 2 aromatic carbocycles. The number of hydrogen-bond acceptors (Lipinski definition) is 5. The van der Waals surface area contributed by atoms with Crippen molar-refractivity contribution in [1.29, 1.82) is 0 Å². The monoisotopic (exact) mass is 459 g/mol. The number of aromatic nitrogens is 4. The van der Waals surface area contributed by atoms with E-state index in [-0.39, 0.29) is 12.1 Å². The zero-order valence-electron chi connectivity index (χ0n) is 18.5. The third-order valence-corrected chi connectivity index (χ3v) is 5.49. The van der Waals surface area contributed by atoms with Crippen LogP contribution in [0.25, 0.3) is 22.4 Å². The van der Waals surface area contributed by atoms with Crippen LogP contribution in [-0.4, -0.2) is 54.2 Å². The van der Waals surface area contributed by atoms with Gasteiger partial charge in [-0.1, -0.05) is 54.6 Å². The number of aliphatic hydroxyl groups is 1. The molecule has 2 heterocycles. The van der Waals surface area contributed by atoms with Crippen molar-refractivity contribution in [2.24, 2.45) is 7.05 Å². The van der Waals surface area contributed by atoms with Crippen molar-refractivity contribution in [2.75, 3.05) is 0 Å². The first kappa shape index (κ1) is 22.9. The first-order valence-corrected chi connectivity index (χ1v) is 10.8. The van der Waals surface area contributed by atoms with E-state index in [4.69, 9.17) is 5.11 Å². The highest BCUT2D eigenvalue weighted by Crippen LogP contribution is 2.21. The second-order valence-electron chi connectivity index (χ2n) is 8.10. The molecule has 0 aliphatic heterocycles. The highest BCUT2D eigenvalue weighted by Gasteiger charge is 2.23. The standard InChI is InChI=1S/C25H25N5O4/c1-30-15-19(14-26-30)21-13-22(29-28-21)24(32)27-20(12-23(31)25(33)34)11-16-7-9-18(10-8-16)17-5-3-2-4-6-17/h2-10,13-15,20,23,31H,11-12H2,1H3,(H,27,32)(H,28,29)(H,33,34). The number of aryl methyl sites for hydroxylation is 1.